The average Bonchev–Trinajstić information content (AvgIpc) is 2.58. The molecule has 1 unspecified atom stereocenters. The Balaban J connectivity index is 2.07. The molecule has 2 rings (SSSR count). The molecular weight excluding hydrogens is 236 g/mol. The summed E-state index contributed by atoms with van der Waals surface area (Å²) in [6.45, 7) is 7.46. The molecule has 1 aliphatic carbocycles. The number of nitrogens with zero attached hydrogens (tertiary/aromatic N) is 1. The van der Waals surface area contributed by atoms with E-state index in [-0.39, 0.29) is 5.54 Å². The first-order valence-corrected chi connectivity index (χ1v) is 8.00. The minimum atomic E-state index is 0.232. The number of hydrogen-bond acceptors (Lipinski definition) is 3. The summed E-state index contributed by atoms with van der Waals surface area (Å²) in [4.78, 5) is 2.62. The number of likely N-dealkylation sites (N-methyl/N-ethyl adjacent to an activating group) is 1. The van der Waals surface area contributed by atoms with Crippen molar-refractivity contribution >= 4 is 0 Å². The van der Waals surface area contributed by atoms with Gasteiger partial charge in [-0.15, -0.1) is 0 Å². The second-order valence-corrected chi connectivity index (χ2v) is 7.40. The van der Waals surface area contributed by atoms with Crippen molar-refractivity contribution in [3.8, 4) is 0 Å². The average molecular weight is 268 g/mol. The first-order chi connectivity index (χ1) is 8.99. The van der Waals surface area contributed by atoms with E-state index in [1.165, 1.54) is 44.9 Å². The molecule has 112 valence electrons. The molecule has 0 amide bonds. The van der Waals surface area contributed by atoms with Crippen LogP contribution in [-0.4, -0.2) is 43.3 Å². The van der Waals surface area contributed by atoms with Crippen LogP contribution in [-0.2, 0) is 4.74 Å². The van der Waals surface area contributed by atoms with Crippen LogP contribution in [0.3, 0.4) is 0 Å². The fourth-order valence-electron chi connectivity index (χ4n) is 3.88. The van der Waals surface area contributed by atoms with E-state index in [9.17, 15) is 0 Å². The Morgan fingerprint density at radius 1 is 1.11 bits per heavy atom. The van der Waals surface area contributed by atoms with Gasteiger partial charge in [-0.05, 0) is 51.0 Å². The van der Waals surface area contributed by atoms with Gasteiger partial charge in [0.25, 0.3) is 0 Å². The summed E-state index contributed by atoms with van der Waals surface area (Å²) >= 11 is 0. The maximum absolute atomic E-state index is 6.23. The third-order valence-electron chi connectivity index (χ3n) is 5.63. The molecule has 0 aromatic carbocycles. The van der Waals surface area contributed by atoms with E-state index in [1.54, 1.807) is 0 Å². The first-order valence-electron chi connectivity index (χ1n) is 8.00. The topological polar surface area (TPSA) is 38.5 Å². The van der Waals surface area contributed by atoms with E-state index in [1.807, 2.05) is 0 Å². The molecule has 1 atom stereocenters. The van der Waals surface area contributed by atoms with Crippen molar-refractivity contribution in [2.75, 3.05) is 26.8 Å². The Hall–Kier alpha value is -0.120. The highest BCUT2D eigenvalue weighted by molar-refractivity contribution is 4.97. The van der Waals surface area contributed by atoms with Crippen LogP contribution in [0, 0.1) is 5.41 Å². The van der Waals surface area contributed by atoms with Gasteiger partial charge in [-0.2, -0.15) is 0 Å². The van der Waals surface area contributed by atoms with Gasteiger partial charge in [0.05, 0.1) is 0 Å². The van der Waals surface area contributed by atoms with Gasteiger partial charge < -0.3 is 10.5 Å². The van der Waals surface area contributed by atoms with E-state index >= 15 is 0 Å². The van der Waals surface area contributed by atoms with Crippen LogP contribution in [0.15, 0.2) is 0 Å². The van der Waals surface area contributed by atoms with Gasteiger partial charge in [0, 0.05) is 31.3 Å². The highest BCUT2D eigenvalue weighted by atomic mass is 16.5. The van der Waals surface area contributed by atoms with Crippen LogP contribution < -0.4 is 5.73 Å². The van der Waals surface area contributed by atoms with Gasteiger partial charge in [0.15, 0.2) is 0 Å². The lowest BCUT2D eigenvalue weighted by molar-refractivity contribution is -0.00859. The maximum atomic E-state index is 6.23. The summed E-state index contributed by atoms with van der Waals surface area (Å²) in [5.74, 6) is 0. The molecule has 2 fully saturated rings. The predicted octanol–water partition coefficient (Wildman–Crippen LogP) is 2.79. The summed E-state index contributed by atoms with van der Waals surface area (Å²) in [5.41, 5.74) is 6.96. The molecule has 1 saturated heterocycles. The number of hydrogen-bond donors (Lipinski definition) is 1. The predicted molar refractivity (Wildman–Crippen MR) is 80.3 cm³/mol. The van der Waals surface area contributed by atoms with E-state index in [4.69, 9.17) is 10.5 Å². The minimum absolute atomic E-state index is 0.232. The third-order valence-corrected chi connectivity index (χ3v) is 5.63. The molecular formula is C16H32N2O. The molecule has 0 aromatic rings. The summed E-state index contributed by atoms with van der Waals surface area (Å²) in [6, 6.07) is 0.665. The molecule has 3 nitrogen and oxygen atoms in total. The molecule has 0 aromatic heterocycles. The second-order valence-electron chi connectivity index (χ2n) is 7.40. The van der Waals surface area contributed by atoms with Crippen molar-refractivity contribution in [2.24, 2.45) is 11.1 Å². The summed E-state index contributed by atoms with van der Waals surface area (Å²) in [6.07, 6.45) is 8.82. The summed E-state index contributed by atoms with van der Waals surface area (Å²) in [7, 11) is 2.31. The van der Waals surface area contributed by atoms with Crippen molar-refractivity contribution in [3.05, 3.63) is 0 Å². The fraction of sp³-hybridized carbons (Fsp3) is 1.00. The maximum Gasteiger partial charge on any atom is 0.0480 e. The Morgan fingerprint density at radius 2 is 1.79 bits per heavy atom. The van der Waals surface area contributed by atoms with Crippen molar-refractivity contribution in [3.63, 3.8) is 0 Å². The van der Waals surface area contributed by atoms with E-state index in [0.717, 1.165) is 19.8 Å². The van der Waals surface area contributed by atoms with Crippen LogP contribution >= 0.6 is 0 Å². The molecule has 0 bridgehead atoms. The SMILES string of the molecule is CN(C1CCOCC1)C1(CN)CCCC(C)(C)CC1. The zero-order chi connectivity index (χ0) is 13.9. The van der Waals surface area contributed by atoms with E-state index in [0.29, 0.717) is 11.5 Å². The molecule has 2 aliphatic rings. The lowest BCUT2D eigenvalue weighted by atomic mass is 9.82. The molecule has 1 saturated carbocycles. The smallest absolute Gasteiger partial charge is 0.0480 e. The number of nitrogens with two attached hydrogens (primary N) is 1. The highest BCUT2D eigenvalue weighted by Crippen LogP contribution is 2.41. The largest absolute Gasteiger partial charge is 0.381 e. The van der Waals surface area contributed by atoms with Crippen LogP contribution in [0.4, 0.5) is 0 Å². The van der Waals surface area contributed by atoms with Gasteiger partial charge >= 0.3 is 0 Å². The number of ether oxygens (including phenoxy) is 1. The second kappa shape index (κ2) is 6.11. The van der Waals surface area contributed by atoms with E-state index < -0.39 is 0 Å². The van der Waals surface area contributed by atoms with Crippen molar-refractivity contribution in [1.29, 1.82) is 0 Å². The Bertz CT molecular complexity index is 286. The van der Waals surface area contributed by atoms with Crippen molar-refractivity contribution < 1.29 is 4.74 Å². The Labute approximate surface area is 118 Å². The van der Waals surface area contributed by atoms with Crippen molar-refractivity contribution in [1.82, 2.24) is 4.90 Å². The van der Waals surface area contributed by atoms with Crippen LogP contribution in [0.1, 0.15) is 58.8 Å². The van der Waals surface area contributed by atoms with Crippen LogP contribution in [0.2, 0.25) is 0 Å². The number of rotatable bonds is 3. The standard InChI is InChI=1S/C16H32N2O/c1-15(2)7-4-8-16(13-17,10-9-15)18(3)14-5-11-19-12-6-14/h14H,4-13,17H2,1-3H3. The molecule has 19 heavy (non-hydrogen) atoms. The van der Waals surface area contributed by atoms with Crippen LogP contribution in [0.25, 0.3) is 0 Å². The molecule has 1 heterocycles. The lowest BCUT2D eigenvalue weighted by Crippen LogP contribution is -2.56. The molecule has 1 aliphatic heterocycles. The fourth-order valence-corrected chi connectivity index (χ4v) is 3.88. The quantitative estimate of drug-likeness (QED) is 0.800. The monoisotopic (exact) mass is 268 g/mol. The zero-order valence-electron chi connectivity index (χ0n) is 13.1. The zero-order valence-corrected chi connectivity index (χ0v) is 13.1. The van der Waals surface area contributed by atoms with E-state index in [2.05, 4.69) is 25.8 Å². The van der Waals surface area contributed by atoms with Gasteiger partial charge in [-0.3, -0.25) is 4.90 Å². The van der Waals surface area contributed by atoms with Gasteiger partial charge in [0.2, 0.25) is 0 Å². The minimum Gasteiger partial charge on any atom is -0.381 e. The summed E-state index contributed by atoms with van der Waals surface area (Å²) in [5, 5.41) is 0. The first kappa shape index (κ1) is 15.3. The van der Waals surface area contributed by atoms with Gasteiger partial charge in [-0.25, -0.2) is 0 Å². The molecule has 0 radical (unpaired) electrons. The lowest BCUT2D eigenvalue weighted by Gasteiger charge is -2.46. The summed E-state index contributed by atoms with van der Waals surface area (Å²) < 4.78 is 5.50. The Kier molecular flexibility index (Phi) is 4.91. The third kappa shape index (κ3) is 3.50. The van der Waals surface area contributed by atoms with Crippen LogP contribution in [0.5, 0.6) is 0 Å². The van der Waals surface area contributed by atoms with Gasteiger partial charge in [0.1, 0.15) is 0 Å². The Morgan fingerprint density at radius 3 is 2.42 bits per heavy atom. The molecule has 0 spiro atoms. The molecule has 2 N–H and O–H groups in total. The van der Waals surface area contributed by atoms with Gasteiger partial charge in [-0.1, -0.05) is 20.3 Å². The normalized spacial score (nSPS) is 33.3. The molecule has 3 heteroatoms. The highest BCUT2D eigenvalue weighted by Gasteiger charge is 2.40. The van der Waals surface area contributed by atoms with Crippen molar-refractivity contribution in [2.45, 2.75) is 70.4 Å².